The maximum absolute atomic E-state index is 5.88. The Labute approximate surface area is 96.7 Å². The second-order valence-electron chi connectivity index (χ2n) is 3.79. The van der Waals surface area contributed by atoms with E-state index in [0.717, 1.165) is 16.8 Å². The topological polar surface area (TPSA) is 76.4 Å². The molecule has 4 nitrogen and oxygen atoms in total. The predicted octanol–water partition coefficient (Wildman–Crippen LogP) is 1.76. The molecule has 88 valence electrons. The van der Waals surface area contributed by atoms with Crippen LogP contribution in [0.3, 0.4) is 0 Å². The van der Waals surface area contributed by atoms with E-state index in [4.69, 9.17) is 11.5 Å². The molecular weight excluding hydrogens is 200 g/mol. The quantitative estimate of drug-likeness (QED) is 0.536. The number of benzene rings is 1. The van der Waals surface area contributed by atoms with E-state index >= 15 is 0 Å². The van der Waals surface area contributed by atoms with E-state index < -0.39 is 0 Å². The minimum absolute atomic E-state index is 0.0195. The lowest BCUT2D eigenvalue weighted by Gasteiger charge is -2.14. The Hall–Kier alpha value is -1.55. The van der Waals surface area contributed by atoms with E-state index in [1.165, 1.54) is 0 Å². The molecule has 0 amide bonds. The van der Waals surface area contributed by atoms with Gasteiger partial charge in [0.1, 0.15) is 0 Å². The van der Waals surface area contributed by atoms with Crippen LogP contribution in [0, 0.1) is 6.92 Å². The zero-order valence-corrected chi connectivity index (χ0v) is 10.1. The van der Waals surface area contributed by atoms with Gasteiger partial charge in [-0.05, 0) is 38.0 Å². The lowest BCUT2D eigenvalue weighted by molar-refractivity contribution is 0.810. The van der Waals surface area contributed by atoms with E-state index in [1.54, 1.807) is 0 Å². The van der Waals surface area contributed by atoms with E-state index in [9.17, 15) is 0 Å². The molecule has 1 atom stereocenters. The number of nitrogens with two attached hydrogens (primary N) is 2. The van der Waals surface area contributed by atoms with Crippen LogP contribution < -0.4 is 16.8 Å². The molecule has 5 N–H and O–H groups in total. The third-order valence-corrected chi connectivity index (χ3v) is 2.46. The van der Waals surface area contributed by atoms with Crippen molar-refractivity contribution >= 4 is 11.6 Å². The average molecular weight is 220 g/mol. The first-order valence-corrected chi connectivity index (χ1v) is 5.48. The van der Waals surface area contributed by atoms with Gasteiger partial charge in [0.15, 0.2) is 5.96 Å². The Morgan fingerprint density at radius 1 is 1.50 bits per heavy atom. The fourth-order valence-electron chi connectivity index (χ4n) is 1.63. The molecule has 0 heterocycles. The first-order chi connectivity index (χ1) is 7.56. The van der Waals surface area contributed by atoms with Crippen molar-refractivity contribution in [3.8, 4) is 0 Å². The van der Waals surface area contributed by atoms with E-state index in [-0.39, 0.29) is 6.04 Å². The third-order valence-electron chi connectivity index (χ3n) is 2.46. The van der Waals surface area contributed by atoms with Gasteiger partial charge in [-0.2, -0.15) is 0 Å². The molecule has 0 fully saturated rings. The maximum Gasteiger partial charge on any atom is 0.193 e. The van der Waals surface area contributed by atoms with Gasteiger partial charge < -0.3 is 16.8 Å². The summed E-state index contributed by atoms with van der Waals surface area (Å²) in [6, 6.07) is 5.98. The van der Waals surface area contributed by atoms with E-state index in [2.05, 4.69) is 10.3 Å². The second kappa shape index (κ2) is 5.51. The fourth-order valence-corrected chi connectivity index (χ4v) is 1.63. The summed E-state index contributed by atoms with van der Waals surface area (Å²) in [6.45, 7) is 6.61. The number of nitrogens with zero attached hydrogens (tertiary/aromatic N) is 1. The Morgan fingerprint density at radius 3 is 2.75 bits per heavy atom. The summed E-state index contributed by atoms with van der Waals surface area (Å²) in [5, 5.41) is 3.08. The molecule has 16 heavy (non-hydrogen) atoms. The number of aliphatic imine (C=N–C) groups is 1. The zero-order chi connectivity index (χ0) is 12.1. The van der Waals surface area contributed by atoms with Gasteiger partial charge in [-0.15, -0.1) is 0 Å². The van der Waals surface area contributed by atoms with Crippen molar-refractivity contribution in [1.29, 1.82) is 0 Å². The number of anilines is 1. The molecule has 0 bridgehead atoms. The van der Waals surface area contributed by atoms with Crippen molar-refractivity contribution in [3.05, 3.63) is 29.3 Å². The number of rotatable bonds is 3. The van der Waals surface area contributed by atoms with Crippen LogP contribution >= 0.6 is 0 Å². The van der Waals surface area contributed by atoms with Crippen LogP contribution in [0.15, 0.2) is 23.2 Å². The first-order valence-electron chi connectivity index (χ1n) is 5.48. The molecule has 0 aromatic heterocycles. The summed E-state index contributed by atoms with van der Waals surface area (Å²) in [7, 11) is 0. The molecular formula is C12H20N4. The highest BCUT2D eigenvalue weighted by Gasteiger charge is 2.07. The van der Waals surface area contributed by atoms with Crippen LogP contribution in [0.4, 0.5) is 5.69 Å². The van der Waals surface area contributed by atoms with Crippen molar-refractivity contribution in [2.75, 3.05) is 11.9 Å². The monoisotopic (exact) mass is 220 g/mol. The molecule has 0 radical (unpaired) electrons. The molecule has 0 aliphatic heterocycles. The Morgan fingerprint density at radius 2 is 2.19 bits per heavy atom. The van der Waals surface area contributed by atoms with Gasteiger partial charge in [-0.1, -0.05) is 12.1 Å². The third kappa shape index (κ3) is 2.97. The number of guanidine groups is 1. The summed E-state index contributed by atoms with van der Waals surface area (Å²) >= 11 is 0. The van der Waals surface area contributed by atoms with Crippen LogP contribution in [-0.4, -0.2) is 12.5 Å². The summed E-state index contributed by atoms with van der Waals surface area (Å²) < 4.78 is 0. The molecule has 0 aliphatic rings. The van der Waals surface area contributed by atoms with Crippen molar-refractivity contribution < 1.29 is 0 Å². The van der Waals surface area contributed by atoms with Crippen molar-refractivity contribution in [2.24, 2.45) is 16.5 Å². The van der Waals surface area contributed by atoms with Crippen molar-refractivity contribution in [3.63, 3.8) is 0 Å². The van der Waals surface area contributed by atoms with Crippen LogP contribution in [-0.2, 0) is 0 Å². The molecule has 0 aliphatic carbocycles. The van der Waals surface area contributed by atoms with Crippen LogP contribution in [0.2, 0.25) is 0 Å². The van der Waals surface area contributed by atoms with Gasteiger partial charge in [-0.3, -0.25) is 4.99 Å². The largest absolute Gasteiger partial charge is 0.370 e. The lowest BCUT2D eigenvalue weighted by Crippen LogP contribution is -2.23. The molecule has 1 aromatic carbocycles. The Kier molecular flexibility index (Phi) is 4.31. The fraction of sp³-hybridized carbons (Fsp3) is 0.417. The van der Waals surface area contributed by atoms with Crippen molar-refractivity contribution in [1.82, 2.24) is 0 Å². The van der Waals surface area contributed by atoms with Crippen LogP contribution in [0.1, 0.15) is 31.0 Å². The molecule has 1 rings (SSSR count). The SMILES string of the molecule is CCN=C(N)Nc1cccc(C(C)N)c1C. The molecule has 4 heteroatoms. The minimum Gasteiger partial charge on any atom is -0.370 e. The van der Waals surface area contributed by atoms with Gasteiger partial charge in [0.05, 0.1) is 0 Å². The smallest absolute Gasteiger partial charge is 0.193 e. The van der Waals surface area contributed by atoms with Gasteiger partial charge in [-0.25, -0.2) is 0 Å². The number of nitrogens with one attached hydrogen (secondary N) is 1. The van der Waals surface area contributed by atoms with E-state index in [1.807, 2.05) is 39.0 Å². The highest BCUT2D eigenvalue weighted by molar-refractivity contribution is 5.93. The standard InChI is InChI=1S/C12H20N4/c1-4-15-12(14)16-11-7-5-6-10(8(11)2)9(3)13/h5-7,9H,4,13H2,1-3H3,(H3,14,15,16). The van der Waals surface area contributed by atoms with Gasteiger partial charge in [0.25, 0.3) is 0 Å². The first kappa shape index (κ1) is 12.5. The normalized spacial score (nSPS) is 13.6. The van der Waals surface area contributed by atoms with Crippen LogP contribution in [0.25, 0.3) is 0 Å². The molecule has 0 spiro atoms. The highest BCUT2D eigenvalue weighted by Crippen LogP contribution is 2.22. The van der Waals surface area contributed by atoms with E-state index in [0.29, 0.717) is 12.5 Å². The lowest BCUT2D eigenvalue weighted by atomic mass is 10.0. The van der Waals surface area contributed by atoms with Gasteiger partial charge in [0.2, 0.25) is 0 Å². The summed E-state index contributed by atoms with van der Waals surface area (Å²) in [4.78, 5) is 4.09. The van der Waals surface area contributed by atoms with Gasteiger partial charge in [0, 0.05) is 18.3 Å². The Bertz CT molecular complexity index is 383. The average Bonchev–Trinajstić information content (AvgIpc) is 2.21. The summed E-state index contributed by atoms with van der Waals surface area (Å²) in [5.41, 5.74) is 14.8. The zero-order valence-electron chi connectivity index (χ0n) is 10.1. The highest BCUT2D eigenvalue weighted by atomic mass is 15.1. The van der Waals surface area contributed by atoms with Crippen LogP contribution in [0.5, 0.6) is 0 Å². The minimum atomic E-state index is 0.0195. The molecule has 1 unspecified atom stereocenters. The summed E-state index contributed by atoms with van der Waals surface area (Å²) in [6.07, 6.45) is 0. The maximum atomic E-state index is 5.88. The molecule has 1 aromatic rings. The number of hydrogen-bond acceptors (Lipinski definition) is 2. The Balaban J connectivity index is 2.97. The molecule has 0 saturated heterocycles. The van der Waals surface area contributed by atoms with Gasteiger partial charge >= 0.3 is 0 Å². The predicted molar refractivity (Wildman–Crippen MR) is 69.6 cm³/mol. The molecule has 0 saturated carbocycles. The number of hydrogen-bond donors (Lipinski definition) is 3. The second-order valence-corrected chi connectivity index (χ2v) is 3.79. The van der Waals surface area contributed by atoms with Crippen molar-refractivity contribution in [2.45, 2.75) is 26.8 Å². The summed E-state index contributed by atoms with van der Waals surface area (Å²) in [5.74, 6) is 0.437.